The number of para-hydroxylation sites is 1. The monoisotopic (exact) mass is 300 g/mol. The van der Waals surface area contributed by atoms with Gasteiger partial charge in [0.15, 0.2) is 12.4 Å². The fraction of sp³-hybridized carbons (Fsp3) is 0.231. The summed E-state index contributed by atoms with van der Waals surface area (Å²) in [6, 6.07) is 6.14. The molecule has 0 spiro atoms. The van der Waals surface area contributed by atoms with E-state index in [1.165, 1.54) is 18.2 Å². The number of nitrogens with one attached hydrogen (secondary N) is 1. The smallest absolute Gasteiger partial charge is 0.419 e. The zero-order chi connectivity index (χ0) is 15.5. The molecule has 1 aromatic carbocycles. The van der Waals surface area contributed by atoms with Crippen molar-refractivity contribution in [1.29, 1.82) is 0 Å². The third-order valence-electron chi connectivity index (χ3n) is 2.45. The second-order valence-electron chi connectivity index (χ2n) is 4.15. The standard InChI is InChI=1S/C13H11F3N2O3/c1-8-6-11(18-21-8)17-12(19)7-20-10-5-3-2-4-9(10)13(14,15)16/h2-6H,7H2,1H3,(H,17,18,19). The molecule has 21 heavy (non-hydrogen) atoms. The van der Waals surface area contributed by atoms with Crippen LogP contribution in [0.25, 0.3) is 0 Å². The van der Waals surface area contributed by atoms with Crippen molar-refractivity contribution >= 4 is 11.7 Å². The lowest BCUT2D eigenvalue weighted by Gasteiger charge is -2.13. The largest absolute Gasteiger partial charge is 0.483 e. The third kappa shape index (κ3) is 3.98. The van der Waals surface area contributed by atoms with E-state index in [4.69, 9.17) is 9.26 Å². The minimum atomic E-state index is -4.55. The molecule has 8 heteroatoms. The quantitative estimate of drug-likeness (QED) is 0.942. The molecule has 0 saturated heterocycles. The maximum atomic E-state index is 12.7. The number of aromatic nitrogens is 1. The number of hydrogen-bond acceptors (Lipinski definition) is 4. The van der Waals surface area contributed by atoms with Gasteiger partial charge in [-0.1, -0.05) is 17.3 Å². The van der Waals surface area contributed by atoms with Crippen LogP contribution in [0.2, 0.25) is 0 Å². The summed E-state index contributed by atoms with van der Waals surface area (Å²) in [6.45, 7) is 1.07. The number of anilines is 1. The van der Waals surface area contributed by atoms with Gasteiger partial charge in [-0.05, 0) is 19.1 Å². The Bertz CT molecular complexity index is 638. The second-order valence-corrected chi connectivity index (χ2v) is 4.15. The Morgan fingerprint density at radius 1 is 1.38 bits per heavy atom. The fourth-order valence-electron chi connectivity index (χ4n) is 1.57. The summed E-state index contributed by atoms with van der Waals surface area (Å²) in [5, 5.41) is 5.87. The van der Waals surface area contributed by atoms with Gasteiger partial charge in [0.25, 0.3) is 5.91 Å². The topological polar surface area (TPSA) is 64.4 Å². The molecule has 112 valence electrons. The van der Waals surface area contributed by atoms with Crippen LogP contribution in [0.5, 0.6) is 5.75 Å². The van der Waals surface area contributed by atoms with Crippen LogP contribution in [-0.4, -0.2) is 17.7 Å². The number of carbonyl (C=O) groups is 1. The van der Waals surface area contributed by atoms with Crippen molar-refractivity contribution in [2.45, 2.75) is 13.1 Å². The molecular formula is C13H11F3N2O3. The number of amides is 1. The van der Waals surface area contributed by atoms with Gasteiger partial charge in [-0.25, -0.2) is 0 Å². The van der Waals surface area contributed by atoms with Crippen LogP contribution >= 0.6 is 0 Å². The van der Waals surface area contributed by atoms with Crippen LogP contribution in [0.3, 0.4) is 0 Å². The van der Waals surface area contributed by atoms with Crippen LogP contribution in [0.1, 0.15) is 11.3 Å². The van der Waals surface area contributed by atoms with Gasteiger partial charge in [-0.3, -0.25) is 4.79 Å². The Balaban J connectivity index is 1.98. The Morgan fingerprint density at radius 3 is 2.71 bits per heavy atom. The minimum absolute atomic E-state index is 0.171. The van der Waals surface area contributed by atoms with Gasteiger partial charge in [0, 0.05) is 6.07 Å². The summed E-state index contributed by atoms with van der Waals surface area (Å²) in [4.78, 5) is 11.6. The van der Waals surface area contributed by atoms with Crippen molar-refractivity contribution in [3.63, 3.8) is 0 Å². The summed E-state index contributed by atoms with van der Waals surface area (Å²) in [5.41, 5.74) is -0.935. The summed E-state index contributed by atoms with van der Waals surface area (Å²) >= 11 is 0. The summed E-state index contributed by atoms with van der Waals surface area (Å²) in [6.07, 6.45) is -4.55. The first-order valence-corrected chi connectivity index (χ1v) is 5.88. The van der Waals surface area contributed by atoms with Crippen molar-refractivity contribution in [1.82, 2.24) is 5.16 Å². The first-order chi connectivity index (χ1) is 9.86. The van der Waals surface area contributed by atoms with Crippen LogP contribution in [0.4, 0.5) is 19.0 Å². The Labute approximate surface area is 117 Å². The lowest BCUT2D eigenvalue weighted by Crippen LogP contribution is -2.21. The van der Waals surface area contributed by atoms with Gasteiger partial charge in [0.05, 0.1) is 5.56 Å². The van der Waals surface area contributed by atoms with Crippen molar-refractivity contribution < 1.29 is 27.2 Å². The molecule has 2 aromatic rings. The predicted octanol–water partition coefficient (Wildman–Crippen LogP) is 3.02. The van der Waals surface area contributed by atoms with E-state index in [0.717, 1.165) is 12.1 Å². The van der Waals surface area contributed by atoms with Gasteiger partial charge in [-0.15, -0.1) is 0 Å². The van der Waals surface area contributed by atoms with E-state index in [2.05, 4.69) is 10.5 Å². The summed E-state index contributed by atoms with van der Waals surface area (Å²) in [7, 11) is 0. The highest BCUT2D eigenvalue weighted by atomic mass is 19.4. The molecule has 0 radical (unpaired) electrons. The number of alkyl halides is 3. The number of hydrogen-bond donors (Lipinski definition) is 1. The van der Waals surface area contributed by atoms with Gasteiger partial charge >= 0.3 is 6.18 Å². The molecule has 1 amide bonds. The molecule has 5 nitrogen and oxygen atoms in total. The van der Waals surface area contributed by atoms with Gasteiger partial charge in [-0.2, -0.15) is 13.2 Å². The Hall–Kier alpha value is -2.51. The summed E-state index contributed by atoms with van der Waals surface area (Å²) < 4.78 is 47.8. The molecule has 0 aliphatic rings. The predicted molar refractivity (Wildman–Crippen MR) is 66.8 cm³/mol. The molecule has 1 N–H and O–H groups in total. The Kier molecular flexibility index (Phi) is 4.15. The van der Waals surface area contributed by atoms with E-state index < -0.39 is 30.0 Å². The van der Waals surface area contributed by atoms with Crippen LogP contribution in [0.15, 0.2) is 34.9 Å². The van der Waals surface area contributed by atoms with E-state index in [1.54, 1.807) is 6.92 Å². The minimum Gasteiger partial charge on any atom is -0.483 e. The number of halogens is 3. The van der Waals surface area contributed by atoms with Crippen molar-refractivity contribution in [3.05, 3.63) is 41.7 Å². The van der Waals surface area contributed by atoms with Gasteiger partial charge < -0.3 is 14.6 Å². The number of aryl methyl sites for hydroxylation is 1. The molecule has 0 saturated carbocycles. The van der Waals surface area contributed by atoms with Crippen LogP contribution < -0.4 is 10.1 Å². The fourth-order valence-corrected chi connectivity index (χ4v) is 1.57. The first-order valence-electron chi connectivity index (χ1n) is 5.88. The molecular weight excluding hydrogens is 289 g/mol. The highest BCUT2D eigenvalue weighted by Gasteiger charge is 2.34. The number of rotatable bonds is 4. The normalized spacial score (nSPS) is 11.2. The number of ether oxygens (including phenoxy) is 1. The maximum Gasteiger partial charge on any atom is 0.419 e. The van der Waals surface area contributed by atoms with E-state index >= 15 is 0 Å². The first kappa shape index (κ1) is 14.9. The van der Waals surface area contributed by atoms with E-state index in [-0.39, 0.29) is 5.82 Å². The highest BCUT2D eigenvalue weighted by Crippen LogP contribution is 2.35. The van der Waals surface area contributed by atoms with Crippen molar-refractivity contribution in [3.8, 4) is 5.75 Å². The molecule has 1 heterocycles. The lowest BCUT2D eigenvalue weighted by molar-refractivity contribution is -0.139. The SMILES string of the molecule is Cc1cc(NC(=O)COc2ccccc2C(F)(F)F)no1. The molecule has 1 aromatic heterocycles. The molecule has 0 aliphatic heterocycles. The van der Waals surface area contributed by atoms with Gasteiger partial charge in [0.2, 0.25) is 0 Å². The number of nitrogens with zero attached hydrogens (tertiary/aromatic N) is 1. The van der Waals surface area contributed by atoms with Gasteiger partial charge in [0.1, 0.15) is 11.5 Å². The molecule has 0 aliphatic carbocycles. The maximum absolute atomic E-state index is 12.7. The third-order valence-corrected chi connectivity index (χ3v) is 2.45. The molecule has 0 fully saturated rings. The number of carbonyl (C=O) groups excluding carboxylic acids is 1. The average Bonchev–Trinajstić information content (AvgIpc) is 2.81. The molecule has 2 rings (SSSR count). The van der Waals surface area contributed by atoms with E-state index in [0.29, 0.717) is 5.76 Å². The average molecular weight is 300 g/mol. The lowest BCUT2D eigenvalue weighted by atomic mass is 10.2. The van der Waals surface area contributed by atoms with E-state index in [1.807, 2.05) is 0 Å². The second kappa shape index (κ2) is 5.86. The van der Waals surface area contributed by atoms with E-state index in [9.17, 15) is 18.0 Å². The zero-order valence-electron chi connectivity index (χ0n) is 10.9. The molecule has 0 bridgehead atoms. The van der Waals surface area contributed by atoms with Crippen LogP contribution in [-0.2, 0) is 11.0 Å². The summed E-state index contributed by atoms with van der Waals surface area (Å²) in [5.74, 6) is -0.379. The zero-order valence-corrected chi connectivity index (χ0v) is 10.9. The molecule has 0 atom stereocenters. The Morgan fingerprint density at radius 2 is 2.10 bits per heavy atom. The molecule has 0 unspecified atom stereocenters. The number of benzene rings is 1. The van der Waals surface area contributed by atoms with Crippen molar-refractivity contribution in [2.75, 3.05) is 11.9 Å². The highest BCUT2D eigenvalue weighted by molar-refractivity contribution is 5.90. The van der Waals surface area contributed by atoms with Crippen molar-refractivity contribution in [2.24, 2.45) is 0 Å². The van der Waals surface area contributed by atoms with Crippen LogP contribution in [0, 0.1) is 6.92 Å².